The van der Waals surface area contributed by atoms with Crippen molar-refractivity contribution >= 4 is 22.8 Å². The minimum absolute atomic E-state index is 0.295. The van der Waals surface area contributed by atoms with Crippen molar-refractivity contribution in [1.82, 2.24) is 0 Å². The van der Waals surface area contributed by atoms with Crippen molar-refractivity contribution in [1.29, 1.82) is 0 Å². The molecule has 0 atom stereocenters. The molecule has 0 saturated carbocycles. The summed E-state index contributed by atoms with van der Waals surface area (Å²) in [5.74, 6) is 0.295. The van der Waals surface area contributed by atoms with Gasteiger partial charge in [-0.05, 0) is 99.2 Å². The summed E-state index contributed by atoms with van der Waals surface area (Å²) < 4.78 is 0. The number of aromatic hydroxyl groups is 1. The van der Waals surface area contributed by atoms with E-state index in [0.717, 1.165) is 23.1 Å². The molecule has 0 heterocycles. The van der Waals surface area contributed by atoms with Crippen LogP contribution in [0, 0.1) is 6.92 Å². The van der Waals surface area contributed by atoms with Crippen molar-refractivity contribution in [2.24, 2.45) is 0 Å². The van der Waals surface area contributed by atoms with Gasteiger partial charge in [0.25, 0.3) is 0 Å². The summed E-state index contributed by atoms with van der Waals surface area (Å²) in [6, 6.07) is 41.8. The fourth-order valence-electron chi connectivity index (χ4n) is 5.96. The number of benzene rings is 5. The molecule has 0 bridgehead atoms. The van der Waals surface area contributed by atoms with Gasteiger partial charge in [-0.1, -0.05) is 134 Å². The fourth-order valence-corrected chi connectivity index (χ4v) is 5.96. The van der Waals surface area contributed by atoms with Gasteiger partial charge in [0.1, 0.15) is 5.75 Å². The Hall–Kier alpha value is -5.14. The van der Waals surface area contributed by atoms with Crippen LogP contribution in [0.25, 0.3) is 45.0 Å². The molecule has 5 aromatic rings. The van der Waals surface area contributed by atoms with E-state index in [2.05, 4.69) is 130 Å². The van der Waals surface area contributed by atoms with E-state index < -0.39 is 0 Å². The Bertz CT molecular complexity index is 1880. The van der Waals surface area contributed by atoms with Gasteiger partial charge in [-0.3, -0.25) is 0 Å². The first-order valence-electron chi connectivity index (χ1n) is 14.4. The Balaban J connectivity index is 1.45. The van der Waals surface area contributed by atoms with Crippen LogP contribution in [0.5, 0.6) is 5.75 Å². The maximum atomic E-state index is 10.6. The van der Waals surface area contributed by atoms with E-state index in [0.29, 0.717) is 5.75 Å². The molecule has 42 heavy (non-hydrogen) atoms. The van der Waals surface area contributed by atoms with Gasteiger partial charge in [0, 0.05) is 5.56 Å². The molecule has 0 aliphatic heterocycles. The second kappa shape index (κ2) is 11.8. The van der Waals surface area contributed by atoms with Gasteiger partial charge in [-0.2, -0.15) is 0 Å². The lowest BCUT2D eigenvalue weighted by atomic mass is 9.88. The Labute approximate surface area is 249 Å². The van der Waals surface area contributed by atoms with Crippen molar-refractivity contribution in [3.8, 4) is 28.0 Å². The molecule has 1 heteroatoms. The van der Waals surface area contributed by atoms with Gasteiger partial charge in [0.2, 0.25) is 0 Å². The smallest absolute Gasteiger partial charge is 0.123 e. The van der Waals surface area contributed by atoms with Gasteiger partial charge < -0.3 is 5.11 Å². The number of rotatable bonds is 6. The second-order valence-electron chi connectivity index (χ2n) is 10.8. The van der Waals surface area contributed by atoms with E-state index in [1.165, 1.54) is 55.7 Å². The van der Waals surface area contributed by atoms with Crippen molar-refractivity contribution in [3.05, 3.63) is 173 Å². The number of phenols is 1. The highest BCUT2D eigenvalue weighted by molar-refractivity contribution is 5.97. The minimum Gasteiger partial charge on any atom is -0.507 e. The molecule has 0 unspecified atom stereocenters. The van der Waals surface area contributed by atoms with Crippen LogP contribution < -0.4 is 0 Å². The lowest BCUT2D eigenvalue weighted by Crippen LogP contribution is -1.94. The van der Waals surface area contributed by atoms with Crippen molar-refractivity contribution in [2.75, 3.05) is 0 Å². The lowest BCUT2D eigenvalue weighted by Gasteiger charge is -2.16. The lowest BCUT2D eigenvalue weighted by molar-refractivity contribution is 0.477. The van der Waals surface area contributed by atoms with Crippen LogP contribution in [0.3, 0.4) is 0 Å². The Morgan fingerprint density at radius 2 is 1.33 bits per heavy atom. The number of allylic oxidation sites excluding steroid dienone is 6. The molecule has 0 fully saturated rings. The zero-order valence-corrected chi connectivity index (χ0v) is 24.1. The predicted octanol–water partition coefficient (Wildman–Crippen LogP) is 11.0. The van der Waals surface area contributed by atoms with Gasteiger partial charge in [-0.25, -0.2) is 0 Å². The average Bonchev–Trinajstić information content (AvgIpc) is 3.18. The summed E-state index contributed by atoms with van der Waals surface area (Å²) in [7, 11) is 0. The SMILES string of the molecule is C=CC1=C(/C=C(\C)c2cccc(-c3ccccc3)c2)c2ccccc2C=C(c2cccc(-c3ccccc3O)c2C)C1. The fraction of sp³-hybridized carbons (Fsp3) is 0.0732. The van der Waals surface area contributed by atoms with Crippen molar-refractivity contribution in [3.63, 3.8) is 0 Å². The molecule has 6 rings (SSSR count). The summed E-state index contributed by atoms with van der Waals surface area (Å²) in [5.41, 5.74) is 15.1. The van der Waals surface area contributed by atoms with E-state index >= 15 is 0 Å². The van der Waals surface area contributed by atoms with Crippen LogP contribution in [0.2, 0.25) is 0 Å². The largest absolute Gasteiger partial charge is 0.507 e. The molecular formula is C41H34O. The molecule has 0 spiro atoms. The molecule has 204 valence electrons. The molecule has 1 aliphatic carbocycles. The summed E-state index contributed by atoms with van der Waals surface area (Å²) >= 11 is 0. The minimum atomic E-state index is 0.295. The third kappa shape index (κ3) is 5.30. The van der Waals surface area contributed by atoms with Crippen LogP contribution in [-0.2, 0) is 0 Å². The number of para-hydroxylation sites is 1. The highest BCUT2D eigenvalue weighted by Gasteiger charge is 2.19. The quantitative estimate of drug-likeness (QED) is 0.226. The van der Waals surface area contributed by atoms with E-state index in [9.17, 15) is 5.11 Å². The molecule has 1 aliphatic rings. The van der Waals surface area contributed by atoms with E-state index in [4.69, 9.17) is 0 Å². The van der Waals surface area contributed by atoms with Crippen LogP contribution in [-0.4, -0.2) is 5.11 Å². The van der Waals surface area contributed by atoms with Crippen LogP contribution in [0.4, 0.5) is 0 Å². The summed E-state index contributed by atoms with van der Waals surface area (Å²) in [4.78, 5) is 0. The van der Waals surface area contributed by atoms with E-state index in [1.807, 2.05) is 24.3 Å². The highest BCUT2D eigenvalue weighted by atomic mass is 16.3. The molecule has 0 saturated heterocycles. The predicted molar refractivity (Wildman–Crippen MR) is 180 cm³/mol. The Morgan fingerprint density at radius 3 is 2.12 bits per heavy atom. The molecular weight excluding hydrogens is 508 g/mol. The molecule has 0 amide bonds. The van der Waals surface area contributed by atoms with Gasteiger partial charge in [-0.15, -0.1) is 0 Å². The molecule has 0 aromatic heterocycles. The molecule has 1 nitrogen and oxygen atoms in total. The summed E-state index contributed by atoms with van der Waals surface area (Å²) in [6.07, 6.45) is 7.41. The first kappa shape index (κ1) is 27.1. The summed E-state index contributed by atoms with van der Waals surface area (Å²) in [6.45, 7) is 8.61. The summed E-state index contributed by atoms with van der Waals surface area (Å²) in [5, 5.41) is 10.6. The van der Waals surface area contributed by atoms with Gasteiger partial charge >= 0.3 is 0 Å². The number of fused-ring (bicyclic) bond motifs is 1. The average molecular weight is 543 g/mol. The molecule has 0 radical (unpaired) electrons. The highest BCUT2D eigenvalue weighted by Crippen LogP contribution is 2.41. The number of hydrogen-bond acceptors (Lipinski definition) is 1. The van der Waals surface area contributed by atoms with Crippen molar-refractivity contribution in [2.45, 2.75) is 20.3 Å². The Kier molecular flexibility index (Phi) is 7.58. The number of hydrogen-bond donors (Lipinski definition) is 1. The second-order valence-corrected chi connectivity index (χ2v) is 10.8. The van der Waals surface area contributed by atoms with Crippen LogP contribution >= 0.6 is 0 Å². The molecule has 1 N–H and O–H groups in total. The van der Waals surface area contributed by atoms with Gasteiger partial charge in [0.15, 0.2) is 0 Å². The Morgan fingerprint density at radius 1 is 0.690 bits per heavy atom. The maximum Gasteiger partial charge on any atom is 0.123 e. The zero-order chi connectivity index (χ0) is 29.1. The normalized spacial score (nSPS) is 13.3. The number of phenolic OH excluding ortho intramolecular Hbond substituents is 1. The van der Waals surface area contributed by atoms with Crippen molar-refractivity contribution < 1.29 is 5.11 Å². The van der Waals surface area contributed by atoms with E-state index in [-0.39, 0.29) is 0 Å². The van der Waals surface area contributed by atoms with Gasteiger partial charge in [0.05, 0.1) is 0 Å². The third-order valence-electron chi connectivity index (χ3n) is 8.21. The maximum absolute atomic E-state index is 10.6. The van der Waals surface area contributed by atoms with Crippen LogP contribution in [0.15, 0.2) is 146 Å². The first-order chi connectivity index (χ1) is 20.5. The van der Waals surface area contributed by atoms with Crippen LogP contribution in [0.1, 0.15) is 41.2 Å². The first-order valence-corrected chi connectivity index (χ1v) is 14.4. The standard InChI is InChI=1S/C41H34O/c1-4-30-25-35(36-21-13-22-37(29(36)3)39-20-10-11-23-41(39)42)27-34-16-8-9-19-38(34)40(30)24-28(2)32-17-12-18-33(26-32)31-14-6-5-7-15-31/h4-24,26-27,42H,1,25H2,2-3H3/b28-24+. The zero-order valence-electron chi connectivity index (χ0n) is 24.1. The topological polar surface area (TPSA) is 20.2 Å². The van der Waals surface area contributed by atoms with E-state index in [1.54, 1.807) is 6.07 Å². The molecule has 5 aromatic carbocycles. The third-order valence-corrected chi connectivity index (χ3v) is 8.21. The monoisotopic (exact) mass is 542 g/mol.